The van der Waals surface area contributed by atoms with Gasteiger partial charge in [-0.15, -0.1) is 5.10 Å². The summed E-state index contributed by atoms with van der Waals surface area (Å²) in [7, 11) is 1.31. The molecule has 0 bridgehead atoms. The number of carbonyl (C=O) groups is 1. The third-order valence-corrected chi connectivity index (χ3v) is 3.36. The van der Waals surface area contributed by atoms with E-state index in [1.807, 2.05) is 0 Å². The molecule has 18 heavy (non-hydrogen) atoms. The van der Waals surface area contributed by atoms with Gasteiger partial charge in [0.1, 0.15) is 16.1 Å². The van der Waals surface area contributed by atoms with Gasteiger partial charge < -0.3 is 4.74 Å². The highest BCUT2D eigenvalue weighted by Gasteiger charge is 2.23. The number of hydrogen-bond acceptors (Lipinski definition) is 5. The number of aromatic nitrogens is 3. The number of rotatable bonds is 4. The first-order valence-corrected chi connectivity index (χ1v) is 5.94. The molecule has 2 rings (SSSR count). The van der Waals surface area contributed by atoms with E-state index in [1.165, 1.54) is 37.2 Å². The van der Waals surface area contributed by atoms with Crippen LogP contribution in [-0.2, 0) is 9.53 Å². The van der Waals surface area contributed by atoms with Crippen LogP contribution in [0.5, 0.6) is 0 Å². The van der Waals surface area contributed by atoms with E-state index < -0.39 is 11.2 Å². The Morgan fingerprint density at radius 1 is 1.44 bits per heavy atom. The number of aromatic amines is 1. The number of nitrogens with zero attached hydrogens (tertiary/aromatic N) is 2. The van der Waals surface area contributed by atoms with Crippen LogP contribution in [0.3, 0.4) is 0 Å². The number of esters is 1. The van der Waals surface area contributed by atoms with Crippen LogP contribution in [-0.4, -0.2) is 28.5 Å². The summed E-state index contributed by atoms with van der Waals surface area (Å²) in [5.74, 6) is -0.775. The largest absolute Gasteiger partial charge is 0.468 e. The number of H-pyrrole nitrogens is 1. The van der Waals surface area contributed by atoms with E-state index in [0.29, 0.717) is 10.6 Å². The minimum Gasteiger partial charge on any atom is -0.468 e. The lowest BCUT2D eigenvalue weighted by Gasteiger charge is -2.12. The van der Waals surface area contributed by atoms with E-state index in [0.717, 1.165) is 0 Å². The van der Waals surface area contributed by atoms with Gasteiger partial charge in [-0.2, -0.15) is 10.3 Å². The average molecular weight is 267 g/mol. The predicted octanol–water partition coefficient (Wildman–Crippen LogP) is 1.95. The fourth-order valence-electron chi connectivity index (χ4n) is 1.37. The van der Waals surface area contributed by atoms with Gasteiger partial charge in [0.25, 0.3) is 0 Å². The second kappa shape index (κ2) is 5.63. The van der Waals surface area contributed by atoms with Crippen molar-refractivity contribution in [3.8, 4) is 0 Å². The average Bonchev–Trinajstić information content (AvgIpc) is 2.89. The van der Waals surface area contributed by atoms with Crippen LogP contribution in [0.15, 0.2) is 35.5 Å². The molecule has 0 radical (unpaired) electrons. The summed E-state index contributed by atoms with van der Waals surface area (Å²) in [6, 6.07) is 5.69. The van der Waals surface area contributed by atoms with Crippen molar-refractivity contribution in [2.24, 2.45) is 0 Å². The van der Waals surface area contributed by atoms with Gasteiger partial charge in [-0.25, -0.2) is 4.39 Å². The minimum absolute atomic E-state index is 0.353. The Bertz CT molecular complexity index is 516. The van der Waals surface area contributed by atoms with Crippen molar-refractivity contribution in [2.75, 3.05) is 7.11 Å². The highest BCUT2D eigenvalue weighted by atomic mass is 32.2. The molecule has 1 atom stereocenters. The van der Waals surface area contributed by atoms with Crippen LogP contribution in [0, 0.1) is 5.82 Å². The number of ether oxygens (including phenoxy) is 1. The zero-order valence-electron chi connectivity index (χ0n) is 9.46. The molecule has 1 unspecified atom stereocenters. The van der Waals surface area contributed by atoms with Crippen LogP contribution >= 0.6 is 11.8 Å². The molecule has 1 aromatic heterocycles. The summed E-state index contributed by atoms with van der Waals surface area (Å²) in [4.78, 5) is 11.7. The highest BCUT2D eigenvalue weighted by molar-refractivity contribution is 8.00. The lowest BCUT2D eigenvalue weighted by Crippen LogP contribution is -2.11. The zero-order chi connectivity index (χ0) is 13.0. The first kappa shape index (κ1) is 12.6. The van der Waals surface area contributed by atoms with Crippen LogP contribution in [0.25, 0.3) is 0 Å². The first-order valence-electron chi connectivity index (χ1n) is 5.06. The van der Waals surface area contributed by atoms with Crippen molar-refractivity contribution in [1.29, 1.82) is 0 Å². The van der Waals surface area contributed by atoms with Gasteiger partial charge in [0.05, 0.1) is 13.3 Å². The van der Waals surface area contributed by atoms with Crippen molar-refractivity contribution < 1.29 is 13.9 Å². The van der Waals surface area contributed by atoms with Gasteiger partial charge in [-0.05, 0) is 17.7 Å². The topological polar surface area (TPSA) is 67.9 Å². The van der Waals surface area contributed by atoms with Crippen LogP contribution in [0.1, 0.15) is 10.8 Å². The normalized spacial score (nSPS) is 12.1. The number of nitrogens with one attached hydrogen (secondary N) is 1. The molecule has 0 fully saturated rings. The summed E-state index contributed by atoms with van der Waals surface area (Å²) in [6.07, 6.45) is 1.50. The van der Waals surface area contributed by atoms with Crippen molar-refractivity contribution in [3.05, 3.63) is 41.8 Å². The maximum Gasteiger partial charge on any atom is 0.323 e. The maximum absolute atomic E-state index is 12.9. The summed E-state index contributed by atoms with van der Waals surface area (Å²) in [6.45, 7) is 0. The zero-order valence-corrected chi connectivity index (χ0v) is 10.3. The lowest BCUT2D eigenvalue weighted by molar-refractivity contribution is -0.140. The Morgan fingerprint density at radius 2 is 2.17 bits per heavy atom. The van der Waals surface area contributed by atoms with E-state index >= 15 is 0 Å². The summed E-state index contributed by atoms with van der Waals surface area (Å²) in [5, 5.41) is 9.95. The molecule has 2 aromatic rings. The van der Waals surface area contributed by atoms with Crippen molar-refractivity contribution in [1.82, 2.24) is 15.4 Å². The molecule has 0 aliphatic carbocycles. The van der Waals surface area contributed by atoms with Crippen LogP contribution < -0.4 is 0 Å². The SMILES string of the molecule is COC(=O)C(Sc1cn[nH]n1)c1ccc(F)cc1. The number of halogens is 1. The van der Waals surface area contributed by atoms with Gasteiger partial charge in [0.2, 0.25) is 0 Å². The van der Waals surface area contributed by atoms with Gasteiger partial charge in [0, 0.05) is 0 Å². The molecule has 7 heteroatoms. The molecule has 0 aliphatic heterocycles. The van der Waals surface area contributed by atoms with Gasteiger partial charge in [-0.1, -0.05) is 23.9 Å². The Balaban J connectivity index is 2.25. The quantitative estimate of drug-likeness (QED) is 0.677. The molecule has 1 heterocycles. The van der Waals surface area contributed by atoms with E-state index in [-0.39, 0.29) is 5.82 Å². The molecule has 0 spiro atoms. The van der Waals surface area contributed by atoms with Gasteiger partial charge >= 0.3 is 5.97 Å². The van der Waals surface area contributed by atoms with E-state index in [2.05, 4.69) is 15.4 Å². The maximum atomic E-state index is 12.9. The Hall–Kier alpha value is -1.89. The van der Waals surface area contributed by atoms with Crippen molar-refractivity contribution in [2.45, 2.75) is 10.3 Å². The molecular weight excluding hydrogens is 257 g/mol. The third kappa shape index (κ3) is 2.86. The van der Waals surface area contributed by atoms with Crippen LogP contribution in [0.2, 0.25) is 0 Å². The second-order valence-electron chi connectivity index (χ2n) is 3.38. The Labute approximate surface area is 107 Å². The molecule has 1 N–H and O–H groups in total. The first-order chi connectivity index (χ1) is 8.70. The van der Waals surface area contributed by atoms with Crippen molar-refractivity contribution in [3.63, 3.8) is 0 Å². The number of thioether (sulfide) groups is 1. The monoisotopic (exact) mass is 267 g/mol. The molecule has 5 nitrogen and oxygen atoms in total. The minimum atomic E-state index is -0.597. The van der Waals surface area contributed by atoms with E-state index in [4.69, 9.17) is 4.74 Å². The number of methoxy groups -OCH3 is 1. The van der Waals surface area contributed by atoms with Gasteiger partial charge in [0.15, 0.2) is 0 Å². The molecular formula is C11H10FN3O2S. The summed E-state index contributed by atoms with van der Waals surface area (Å²) in [5.41, 5.74) is 0.649. The molecule has 0 saturated carbocycles. The predicted molar refractivity (Wildman–Crippen MR) is 63.4 cm³/mol. The molecule has 0 amide bonds. The summed E-state index contributed by atoms with van der Waals surface area (Å²) < 4.78 is 17.6. The van der Waals surface area contributed by atoms with Gasteiger partial charge in [-0.3, -0.25) is 4.79 Å². The Morgan fingerprint density at radius 3 is 2.72 bits per heavy atom. The number of benzene rings is 1. The number of hydrogen-bond donors (Lipinski definition) is 1. The fourth-order valence-corrected chi connectivity index (χ4v) is 2.30. The standard InChI is InChI=1S/C11H10FN3O2S/c1-17-11(16)10(18-9-6-13-15-14-9)7-2-4-8(12)5-3-7/h2-6,10H,1H3,(H,13,14,15). The van der Waals surface area contributed by atoms with Crippen molar-refractivity contribution >= 4 is 17.7 Å². The molecule has 0 aliphatic rings. The smallest absolute Gasteiger partial charge is 0.323 e. The summed E-state index contributed by atoms with van der Waals surface area (Å²) >= 11 is 1.19. The van der Waals surface area contributed by atoms with Crippen LogP contribution in [0.4, 0.5) is 4.39 Å². The molecule has 1 aromatic carbocycles. The lowest BCUT2D eigenvalue weighted by atomic mass is 10.1. The number of carbonyl (C=O) groups excluding carboxylic acids is 1. The molecule has 0 saturated heterocycles. The van der Waals surface area contributed by atoms with E-state index in [1.54, 1.807) is 12.1 Å². The third-order valence-electron chi connectivity index (χ3n) is 2.22. The highest BCUT2D eigenvalue weighted by Crippen LogP contribution is 2.34. The molecule has 94 valence electrons. The Kier molecular flexibility index (Phi) is 3.93. The fraction of sp³-hybridized carbons (Fsp3) is 0.182. The second-order valence-corrected chi connectivity index (χ2v) is 4.51. The van der Waals surface area contributed by atoms with E-state index in [9.17, 15) is 9.18 Å².